The molecule has 1 heterocycles. The van der Waals surface area contributed by atoms with E-state index < -0.39 is 0 Å². The fourth-order valence-electron chi connectivity index (χ4n) is 1.80. The van der Waals surface area contributed by atoms with E-state index in [0.717, 1.165) is 5.69 Å². The molecule has 6 nitrogen and oxygen atoms in total. The Morgan fingerprint density at radius 2 is 1.95 bits per heavy atom. The summed E-state index contributed by atoms with van der Waals surface area (Å²) < 4.78 is 1.25. The Hall–Kier alpha value is -2.63. The number of hydrogen-bond donors (Lipinski definition) is 4. The molecule has 1 aromatic heterocycles. The monoisotopic (exact) mass is 270 g/mol. The van der Waals surface area contributed by atoms with Crippen molar-refractivity contribution in [3.63, 3.8) is 0 Å². The number of nitrogens with one attached hydrogen (secondary N) is 3. The molecule has 0 unspecified atom stereocenters. The van der Waals surface area contributed by atoms with Crippen LogP contribution in [0.15, 0.2) is 36.7 Å². The number of rotatable bonds is 3. The van der Waals surface area contributed by atoms with Crippen LogP contribution in [-0.2, 0) is 0 Å². The standard InChI is InChI=1S/C14H18N6/c1-9(2)10-3-5-11(6-4-10)19-13-12(15)20(14(16)17)8-7-18-13/h3-9,15H,1-2H3,(H3,16,17)(H,18,19). The van der Waals surface area contributed by atoms with Gasteiger partial charge in [-0.05, 0) is 23.6 Å². The van der Waals surface area contributed by atoms with Gasteiger partial charge >= 0.3 is 0 Å². The summed E-state index contributed by atoms with van der Waals surface area (Å²) in [6.45, 7) is 4.28. The molecular weight excluding hydrogens is 252 g/mol. The topological polar surface area (TPSA) is 104 Å². The molecule has 0 atom stereocenters. The van der Waals surface area contributed by atoms with Gasteiger partial charge < -0.3 is 11.1 Å². The predicted molar refractivity (Wildman–Crippen MR) is 79.2 cm³/mol. The largest absolute Gasteiger partial charge is 0.369 e. The molecule has 0 aliphatic heterocycles. The van der Waals surface area contributed by atoms with Crippen molar-refractivity contribution in [1.29, 1.82) is 10.8 Å². The molecule has 0 aliphatic carbocycles. The highest BCUT2D eigenvalue weighted by atomic mass is 15.2. The van der Waals surface area contributed by atoms with Crippen molar-refractivity contribution in [2.45, 2.75) is 19.8 Å². The molecular formula is C14H18N6. The number of hydrogen-bond acceptors (Lipinski definition) is 4. The highest BCUT2D eigenvalue weighted by Gasteiger charge is 2.04. The van der Waals surface area contributed by atoms with Crippen LogP contribution in [0.3, 0.4) is 0 Å². The number of benzene rings is 1. The first kappa shape index (κ1) is 13.8. The molecule has 20 heavy (non-hydrogen) atoms. The smallest absolute Gasteiger partial charge is 0.198 e. The second-order valence-corrected chi connectivity index (χ2v) is 4.78. The summed E-state index contributed by atoms with van der Waals surface area (Å²) in [5.41, 5.74) is 7.55. The first-order valence-corrected chi connectivity index (χ1v) is 6.32. The molecule has 2 aromatic rings. The average molecular weight is 270 g/mol. The Morgan fingerprint density at radius 1 is 1.30 bits per heavy atom. The lowest BCUT2D eigenvalue weighted by Gasteiger charge is -2.10. The van der Waals surface area contributed by atoms with Gasteiger partial charge in [0.25, 0.3) is 0 Å². The van der Waals surface area contributed by atoms with Gasteiger partial charge in [0.1, 0.15) is 0 Å². The molecule has 5 N–H and O–H groups in total. The van der Waals surface area contributed by atoms with Crippen LogP contribution in [0, 0.1) is 10.8 Å². The number of nitrogens with two attached hydrogens (primary N) is 1. The Morgan fingerprint density at radius 3 is 2.50 bits per heavy atom. The molecule has 0 amide bonds. The van der Waals surface area contributed by atoms with Gasteiger partial charge in [-0.3, -0.25) is 15.4 Å². The quantitative estimate of drug-likeness (QED) is 0.506. The van der Waals surface area contributed by atoms with Crippen LogP contribution in [0.5, 0.6) is 0 Å². The summed E-state index contributed by atoms with van der Waals surface area (Å²) in [7, 11) is 0. The SMILES string of the molecule is CC(C)c1ccc(Nc2nccn(C(=N)N)c2=N)cc1. The van der Waals surface area contributed by atoms with Gasteiger partial charge in [0.2, 0.25) is 0 Å². The van der Waals surface area contributed by atoms with E-state index in [2.05, 4.69) is 24.1 Å². The first-order chi connectivity index (χ1) is 9.49. The van der Waals surface area contributed by atoms with Gasteiger partial charge in [-0.15, -0.1) is 0 Å². The van der Waals surface area contributed by atoms with E-state index >= 15 is 0 Å². The van der Waals surface area contributed by atoms with Crippen molar-refractivity contribution in [2.24, 2.45) is 5.73 Å². The second kappa shape index (κ2) is 5.56. The minimum atomic E-state index is -0.212. The third-order valence-electron chi connectivity index (χ3n) is 2.98. The van der Waals surface area contributed by atoms with Crippen molar-refractivity contribution < 1.29 is 0 Å². The maximum Gasteiger partial charge on any atom is 0.198 e. The molecule has 0 spiro atoms. The van der Waals surface area contributed by atoms with Gasteiger partial charge in [0, 0.05) is 18.1 Å². The second-order valence-electron chi connectivity index (χ2n) is 4.78. The molecule has 0 saturated carbocycles. The zero-order valence-electron chi connectivity index (χ0n) is 11.5. The Labute approximate surface area is 117 Å². The van der Waals surface area contributed by atoms with Gasteiger partial charge in [-0.2, -0.15) is 0 Å². The van der Waals surface area contributed by atoms with E-state index in [4.69, 9.17) is 16.6 Å². The van der Waals surface area contributed by atoms with Gasteiger partial charge in [-0.1, -0.05) is 26.0 Å². The van der Waals surface area contributed by atoms with Gasteiger partial charge in [0.15, 0.2) is 17.3 Å². The Bertz CT molecular complexity index is 669. The van der Waals surface area contributed by atoms with Crippen LogP contribution in [0.1, 0.15) is 25.3 Å². The van der Waals surface area contributed by atoms with E-state index in [1.807, 2.05) is 24.3 Å². The molecule has 2 rings (SSSR count). The van der Waals surface area contributed by atoms with Crippen LogP contribution in [0.2, 0.25) is 0 Å². The highest BCUT2D eigenvalue weighted by Crippen LogP contribution is 2.18. The van der Waals surface area contributed by atoms with Crippen LogP contribution in [0.4, 0.5) is 11.5 Å². The third-order valence-corrected chi connectivity index (χ3v) is 2.98. The third kappa shape index (κ3) is 2.85. The Balaban J connectivity index is 2.28. The predicted octanol–water partition coefficient (Wildman–Crippen LogP) is 1.97. The van der Waals surface area contributed by atoms with Crippen LogP contribution in [0.25, 0.3) is 0 Å². The van der Waals surface area contributed by atoms with Crippen LogP contribution < -0.4 is 16.5 Å². The van der Waals surface area contributed by atoms with Crippen molar-refractivity contribution >= 4 is 17.5 Å². The van der Waals surface area contributed by atoms with Crippen molar-refractivity contribution in [1.82, 2.24) is 9.55 Å². The zero-order chi connectivity index (χ0) is 14.7. The van der Waals surface area contributed by atoms with Gasteiger partial charge in [-0.25, -0.2) is 4.98 Å². The number of anilines is 2. The average Bonchev–Trinajstić information content (AvgIpc) is 2.41. The molecule has 0 saturated heterocycles. The molecule has 1 aromatic carbocycles. The van der Waals surface area contributed by atoms with Crippen molar-refractivity contribution in [3.05, 3.63) is 47.7 Å². The van der Waals surface area contributed by atoms with E-state index in [1.54, 1.807) is 0 Å². The summed E-state index contributed by atoms with van der Waals surface area (Å²) in [5, 5.41) is 18.4. The summed E-state index contributed by atoms with van der Waals surface area (Å²) >= 11 is 0. The molecule has 104 valence electrons. The van der Waals surface area contributed by atoms with Crippen LogP contribution in [-0.4, -0.2) is 15.5 Å². The summed E-state index contributed by atoms with van der Waals surface area (Å²) in [4.78, 5) is 4.10. The lowest BCUT2D eigenvalue weighted by atomic mass is 10.0. The number of nitrogen functional groups attached to an aromatic ring is 1. The molecule has 0 fully saturated rings. The maximum absolute atomic E-state index is 7.95. The molecule has 0 aliphatic rings. The first-order valence-electron chi connectivity index (χ1n) is 6.32. The Kier molecular flexibility index (Phi) is 3.84. The molecule has 0 radical (unpaired) electrons. The maximum atomic E-state index is 7.95. The van der Waals surface area contributed by atoms with Crippen LogP contribution >= 0.6 is 0 Å². The summed E-state index contributed by atoms with van der Waals surface area (Å²) in [6.07, 6.45) is 2.99. The minimum Gasteiger partial charge on any atom is -0.369 e. The fraction of sp³-hybridized carbons (Fsp3) is 0.214. The number of nitrogens with zero attached hydrogens (tertiary/aromatic N) is 2. The molecule has 0 bridgehead atoms. The van der Waals surface area contributed by atoms with E-state index in [-0.39, 0.29) is 11.4 Å². The molecule has 6 heteroatoms. The zero-order valence-corrected chi connectivity index (χ0v) is 11.5. The lowest BCUT2D eigenvalue weighted by Crippen LogP contribution is -2.33. The van der Waals surface area contributed by atoms with E-state index in [0.29, 0.717) is 11.7 Å². The minimum absolute atomic E-state index is 0.0490. The van der Waals surface area contributed by atoms with E-state index in [1.165, 1.54) is 22.5 Å². The highest BCUT2D eigenvalue weighted by molar-refractivity contribution is 5.77. The summed E-state index contributed by atoms with van der Waals surface area (Å²) in [5.74, 6) is 0.626. The normalized spacial score (nSPS) is 10.6. The van der Waals surface area contributed by atoms with Crippen molar-refractivity contribution in [3.8, 4) is 0 Å². The fourth-order valence-corrected chi connectivity index (χ4v) is 1.80. The number of aromatic nitrogens is 2. The lowest BCUT2D eigenvalue weighted by molar-refractivity contribution is 0.867. The van der Waals surface area contributed by atoms with Gasteiger partial charge in [0.05, 0.1) is 0 Å². The van der Waals surface area contributed by atoms with E-state index in [9.17, 15) is 0 Å². The summed E-state index contributed by atoms with van der Waals surface area (Å²) in [6, 6.07) is 7.97. The van der Waals surface area contributed by atoms with Crippen molar-refractivity contribution in [2.75, 3.05) is 5.32 Å².